The van der Waals surface area contributed by atoms with E-state index < -0.39 is 11.8 Å². The lowest BCUT2D eigenvalue weighted by molar-refractivity contribution is -0.135. The zero-order valence-electron chi connectivity index (χ0n) is 10.8. The molecule has 1 heterocycles. The zero-order chi connectivity index (χ0) is 13.8. The third-order valence-corrected chi connectivity index (χ3v) is 3.76. The lowest BCUT2D eigenvalue weighted by Gasteiger charge is -2.10. The van der Waals surface area contributed by atoms with Crippen LogP contribution in [-0.4, -0.2) is 29.3 Å². The van der Waals surface area contributed by atoms with Crippen LogP contribution in [0.2, 0.25) is 0 Å². The maximum atomic E-state index is 11.8. The lowest BCUT2D eigenvalue weighted by Crippen LogP contribution is -2.37. The van der Waals surface area contributed by atoms with Crippen molar-refractivity contribution >= 4 is 34.4 Å². The predicted octanol–water partition coefficient (Wildman–Crippen LogP) is 1.46. The van der Waals surface area contributed by atoms with Crippen LogP contribution in [0.1, 0.15) is 11.1 Å². The molecule has 0 unspecified atom stereocenters. The topological polar surface area (TPSA) is 70.6 Å². The summed E-state index contributed by atoms with van der Waals surface area (Å²) in [6, 6.07) is 5.57. The van der Waals surface area contributed by atoms with Crippen molar-refractivity contribution in [1.82, 2.24) is 5.32 Å². The largest absolute Gasteiger partial charge is 0.318 e. The van der Waals surface area contributed by atoms with Crippen LogP contribution in [-0.2, 0) is 9.59 Å². The Morgan fingerprint density at radius 2 is 1.95 bits per heavy atom. The van der Waals surface area contributed by atoms with Gasteiger partial charge in [-0.1, -0.05) is 23.9 Å². The van der Waals surface area contributed by atoms with Crippen molar-refractivity contribution in [2.24, 2.45) is 4.99 Å². The summed E-state index contributed by atoms with van der Waals surface area (Å²) in [5.41, 5.74) is 2.67. The molecule has 0 bridgehead atoms. The predicted molar refractivity (Wildman–Crippen MR) is 77.4 cm³/mol. The second kappa shape index (κ2) is 5.88. The molecule has 0 fully saturated rings. The minimum Gasteiger partial charge on any atom is -0.318 e. The van der Waals surface area contributed by atoms with E-state index in [0.29, 0.717) is 17.4 Å². The van der Waals surface area contributed by atoms with Gasteiger partial charge in [-0.25, -0.2) is 0 Å². The summed E-state index contributed by atoms with van der Waals surface area (Å²) in [6.45, 7) is 4.54. The average Bonchev–Trinajstić information content (AvgIpc) is 2.87. The van der Waals surface area contributed by atoms with Crippen LogP contribution in [0.15, 0.2) is 23.2 Å². The molecule has 19 heavy (non-hydrogen) atoms. The second-order valence-electron chi connectivity index (χ2n) is 4.19. The Morgan fingerprint density at radius 1 is 1.21 bits per heavy atom. The highest BCUT2D eigenvalue weighted by Crippen LogP contribution is 2.17. The van der Waals surface area contributed by atoms with Crippen molar-refractivity contribution in [2.75, 3.05) is 17.6 Å². The molecule has 100 valence electrons. The number of carbonyl (C=O) groups excluding carboxylic acids is 2. The summed E-state index contributed by atoms with van der Waals surface area (Å²) in [6.07, 6.45) is 0. The third-order valence-electron chi connectivity index (χ3n) is 2.86. The van der Waals surface area contributed by atoms with Gasteiger partial charge in [-0.2, -0.15) is 0 Å². The lowest BCUT2D eigenvalue weighted by atomic mass is 10.1. The van der Waals surface area contributed by atoms with E-state index in [2.05, 4.69) is 15.6 Å². The molecule has 1 aliphatic heterocycles. The van der Waals surface area contributed by atoms with E-state index in [1.807, 2.05) is 26.0 Å². The van der Waals surface area contributed by atoms with E-state index in [9.17, 15) is 9.59 Å². The number of hydrogen-bond donors (Lipinski definition) is 2. The van der Waals surface area contributed by atoms with Gasteiger partial charge in [0.1, 0.15) is 0 Å². The Balaban J connectivity index is 2.00. The number of rotatable bonds is 1. The van der Waals surface area contributed by atoms with Crippen molar-refractivity contribution < 1.29 is 9.59 Å². The van der Waals surface area contributed by atoms with Crippen LogP contribution in [0.25, 0.3) is 0 Å². The summed E-state index contributed by atoms with van der Waals surface area (Å²) in [5.74, 6) is -0.522. The van der Waals surface area contributed by atoms with Crippen LogP contribution in [0, 0.1) is 13.8 Å². The number of hydrogen-bond acceptors (Lipinski definition) is 4. The smallest absolute Gasteiger partial charge is 0.315 e. The van der Waals surface area contributed by atoms with Gasteiger partial charge in [-0.15, -0.1) is 0 Å². The number of nitrogens with zero attached hydrogens (tertiary/aromatic N) is 1. The van der Waals surface area contributed by atoms with Gasteiger partial charge < -0.3 is 5.32 Å². The fraction of sp³-hybridized carbons (Fsp3) is 0.308. The summed E-state index contributed by atoms with van der Waals surface area (Å²) < 4.78 is 0. The molecule has 0 radical (unpaired) electrons. The number of thioether (sulfide) groups is 1. The van der Waals surface area contributed by atoms with E-state index in [0.717, 1.165) is 16.9 Å². The zero-order valence-corrected chi connectivity index (χ0v) is 11.6. The van der Waals surface area contributed by atoms with Crippen molar-refractivity contribution in [1.29, 1.82) is 0 Å². The fourth-order valence-corrected chi connectivity index (χ4v) is 2.35. The molecule has 0 aromatic heterocycles. The average molecular weight is 277 g/mol. The molecule has 2 N–H and O–H groups in total. The van der Waals surface area contributed by atoms with Gasteiger partial charge in [0.05, 0.1) is 6.54 Å². The molecule has 5 nitrogen and oxygen atoms in total. The monoisotopic (exact) mass is 277 g/mol. The summed E-state index contributed by atoms with van der Waals surface area (Å²) in [5, 5.41) is 5.62. The quantitative estimate of drug-likeness (QED) is 0.763. The number of amides is 2. The van der Waals surface area contributed by atoms with E-state index >= 15 is 0 Å². The standard InChI is InChI=1S/C13H15N3O2S/c1-8-4-3-5-10(9(8)2)15-11(17)12(18)16-13-14-6-7-19-13/h3-5H,6-7H2,1-2H3,(H,15,17)(H,14,16,18). The maximum absolute atomic E-state index is 11.8. The van der Waals surface area contributed by atoms with E-state index in [1.165, 1.54) is 11.8 Å². The molecule has 1 aliphatic rings. The fourth-order valence-electron chi connectivity index (χ4n) is 1.63. The number of amidine groups is 1. The number of benzene rings is 1. The van der Waals surface area contributed by atoms with Gasteiger partial charge in [-0.05, 0) is 31.0 Å². The van der Waals surface area contributed by atoms with Gasteiger partial charge in [-0.3, -0.25) is 19.9 Å². The first-order valence-electron chi connectivity index (χ1n) is 5.93. The summed E-state index contributed by atoms with van der Waals surface area (Å²) in [4.78, 5) is 27.5. The van der Waals surface area contributed by atoms with E-state index in [1.54, 1.807) is 6.07 Å². The first kappa shape index (κ1) is 13.6. The normalized spacial score (nSPS) is 13.9. The second-order valence-corrected chi connectivity index (χ2v) is 5.27. The SMILES string of the molecule is Cc1cccc(NC(=O)C(=O)NC2=NCCS2)c1C. The minimum absolute atomic E-state index is 0.515. The number of aryl methyl sites for hydroxylation is 1. The number of aliphatic imine (C=N–C) groups is 1. The Bertz CT molecular complexity index is 555. The highest BCUT2D eigenvalue weighted by molar-refractivity contribution is 8.14. The Hall–Kier alpha value is -1.82. The first-order chi connectivity index (χ1) is 9.08. The molecule has 2 amide bonds. The van der Waals surface area contributed by atoms with Crippen molar-refractivity contribution in [3.05, 3.63) is 29.3 Å². The van der Waals surface area contributed by atoms with Crippen molar-refractivity contribution in [3.63, 3.8) is 0 Å². The number of anilines is 1. The molecule has 0 saturated carbocycles. The molecular formula is C13H15N3O2S. The molecule has 0 saturated heterocycles. The minimum atomic E-state index is -0.686. The molecular weight excluding hydrogens is 262 g/mol. The highest BCUT2D eigenvalue weighted by atomic mass is 32.2. The Kier molecular flexibility index (Phi) is 4.21. The van der Waals surface area contributed by atoms with Crippen LogP contribution < -0.4 is 10.6 Å². The van der Waals surface area contributed by atoms with Gasteiger partial charge in [0.25, 0.3) is 0 Å². The van der Waals surface area contributed by atoms with Gasteiger partial charge in [0.15, 0.2) is 5.17 Å². The van der Waals surface area contributed by atoms with Crippen LogP contribution in [0.4, 0.5) is 5.69 Å². The van der Waals surface area contributed by atoms with Gasteiger partial charge in [0, 0.05) is 11.4 Å². The molecule has 1 aromatic rings. The number of carbonyl (C=O) groups is 2. The summed E-state index contributed by atoms with van der Waals surface area (Å²) in [7, 11) is 0. The molecule has 6 heteroatoms. The number of nitrogens with one attached hydrogen (secondary N) is 2. The molecule has 1 aromatic carbocycles. The van der Waals surface area contributed by atoms with E-state index in [4.69, 9.17) is 0 Å². The molecule has 0 aliphatic carbocycles. The highest BCUT2D eigenvalue weighted by Gasteiger charge is 2.18. The third kappa shape index (κ3) is 3.35. The Morgan fingerprint density at radius 3 is 2.63 bits per heavy atom. The van der Waals surface area contributed by atoms with Gasteiger partial charge in [0.2, 0.25) is 0 Å². The van der Waals surface area contributed by atoms with Gasteiger partial charge >= 0.3 is 11.8 Å². The van der Waals surface area contributed by atoms with Crippen LogP contribution >= 0.6 is 11.8 Å². The molecule has 0 atom stereocenters. The first-order valence-corrected chi connectivity index (χ1v) is 6.92. The van der Waals surface area contributed by atoms with Crippen molar-refractivity contribution in [3.8, 4) is 0 Å². The molecule has 2 rings (SSSR count). The van der Waals surface area contributed by atoms with E-state index in [-0.39, 0.29) is 0 Å². The Labute approximate surface area is 115 Å². The molecule has 0 spiro atoms. The van der Waals surface area contributed by atoms with Crippen molar-refractivity contribution in [2.45, 2.75) is 13.8 Å². The maximum Gasteiger partial charge on any atom is 0.315 e. The summed E-state index contributed by atoms with van der Waals surface area (Å²) >= 11 is 1.44. The van der Waals surface area contributed by atoms with Crippen LogP contribution in [0.3, 0.4) is 0 Å². The van der Waals surface area contributed by atoms with Crippen LogP contribution in [0.5, 0.6) is 0 Å².